The quantitative estimate of drug-likeness (QED) is 0.334. The molecule has 0 aliphatic rings. The highest BCUT2D eigenvalue weighted by Crippen LogP contribution is 2.21. The molecule has 0 radical (unpaired) electrons. The predicted octanol–water partition coefficient (Wildman–Crippen LogP) is 6.85. The Kier molecular flexibility index (Phi) is 10.7. The van der Waals surface area contributed by atoms with Crippen molar-refractivity contribution in [3.63, 3.8) is 0 Å². The number of pyridine rings is 1. The molecule has 0 amide bonds. The zero-order valence-corrected chi connectivity index (χ0v) is 18.0. The van der Waals surface area contributed by atoms with Crippen molar-refractivity contribution in [3.05, 3.63) is 48.2 Å². The van der Waals surface area contributed by atoms with Crippen molar-refractivity contribution in [1.29, 1.82) is 0 Å². The van der Waals surface area contributed by atoms with E-state index in [0.29, 0.717) is 6.61 Å². The monoisotopic (exact) mass is 383 g/mol. The van der Waals surface area contributed by atoms with Gasteiger partial charge in [0.15, 0.2) is 0 Å². The van der Waals surface area contributed by atoms with Crippen LogP contribution in [0.5, 0.6) is 5.75 Å². The fourth-order valence-electron chi connectivity index (χ4n) is 3.13. The minimum absolute atomic E-state index is 0.0985. The molecule has 0 spiro atoms. The van der Waals surface area contributed by atoms with Gasteiger partial charge in [-0.2, -0.15) is 0 Å². The molecule has 1 heterocycles. The first-order valence-electron chi connectivity index (χ1n) is 11.0. The van der Waals surface area contributed by atoms with Crippen LogP contribution in [0.2, 0.25) is 0 Å². The molecule has 3 nitrogen and oxygen atoms in total. The Balaban J connectivity index is 1.77. The van der Waals surface area contributed by atoms with Crippen molar-refractivity contribution in [2.24, 2.45) is 0 Å². The third kappa shape index (κ3) is 8.43. The summed E-state index contributed by atoms with van der Waals surface area (Å²) in [5.74, 6) is 0.792. The number of nitrogens with zero attached hydrogens (tertiary/aromatic N) is 1. The molecule has 0 fully saturated rings. The van der Waals surface area contributed by atoms with Crippen molar-refractivity contribution in [2.75, 3.05) is 13.2 Å². The van der Waals surface area contributed by atoms with E-state index >= 15 is 0 Å². The first kappa shape index (κ1) is 22.4. The summed E-state index contributed by atoms with van der Waals surface area (Å²) in [6, 6.07) is 12.8. The Bertz CT molecular complexity index is 637. The number of unbranched alkanes of at least 4 members (excludes halogenated alkanes) is 5. The molecule has 2 aromatic rings. The second kappa shape index (κ2) is 13.3. The molecule has 3 heteroatoms. The summed E-state index contributed by atoms with van der Waals surface area (Å²) < 4.78 is 11.6. The maximum Gasteiger partial charge on any atom is 0.137 e. The van der Waals surface area contributed by atoms with Gasteiger partial charge in [0.2, 0.25) is 0 Å². The molecule has 0 saturated heterocycles. The predicted molar refractivity (Wildman–Crippen MR) is 118 cm³/mol. The van der Waals surface area contributed by atoms with E-state index in [0.717, 1.165) is 30.0 Å². The summed E-state index contributed by atoms with van der Waals surface area (Å²) in [6.07, 6.45) is 11.8. The van der Waals surface area contributed by atoms with Crippen molar-refractivity contribution < 1.29 is 9.47 Å². The number of aromatic nitrogens is 1. The van der Waals surface area contributed by atoms with Crippen molar-refractivity contribution in [2.45, 2.75) is 78.2 Å². The molecule has 1 atom stereocenters. The SMILES string of the molecule is CCCCCCc1ccc(-c2ccc(OCC(C)OCCCCC)cn2)cc1. The molecule has 1 aromatic carbocycles. The Hall–Kier alpha value is -1.87. The van der Waals surface area contributed by atoms with Crippen LogP contribution in [0.4, 0.5) is 0 Å². The van der Waals surface area contributed by atoms with Crippen LogP contribution in [0.3, 0.4) is 0 Å². The highest BCUT2D eigenvalue weighted by Gasteiger charge is 2.05. The van der Waals surface area contributed by atoms with Crippen LogP contribution in [-0.4, -0.2) is 24.3 Å². The first-order chi connectivity index (χ1) is 13.7. The highest BCUT2D eigenvalue weighted by molar-refractivity contribution is 5.59. The lowest BCUT2D eigenvalue weighted by Gasteiger charge is -2.14. The molecule has 0 aliphatic heterocycles. The maximum absolute atomic E-state index is 5.81. The molecule has 1 unspecified atom stereocenters. The second-order valence-electron chi connectivity index (χ2n) is 7.59. The lowest BCUT2D eigenvalue weighted by Crippen LogP contribution is -2.18. The van der Waals surface area contributed by atoms with E-state index in [2.05, 4.69) is 50.0 Å². The molecule has 0 bridgehead atoms. The van der Waals surface area contributed by atoms with Crippen molar-refractivity contribution in [3.8, 4) is 17.0 Å². The van der Waals surface area contributed by atoms with Gasteiger partial charge >= 0.3 is 0 Å². The summed E-state index contributed by atoms with van der Waals surface area (Å²) in [4.78, 5) is 4.56. The molecule has 0 aliphatic carbocycles. The molecular formula is C25H37NO2. The van der Waals surface area contributed by atoms with Gasteiger partial charge in [0, 0.05) is 12.2 Å². The van der Waals surface area contributed by atoms with Gasteiger partial charge < -0.3 is 9.47 Å². The average molecular weight is 384 g/mol. The Labute approximate surface area is 171 Å². The Morgan fingerprint density at radius 2 is 1.61 bits per heavy atom. The van der Waals surface area contributed by atoms with Gasteiger partial charge in [0.05, 0.1) is 18.0 Å². The normalized spacial score (nSPS) is 12.1. The third-order valence-corrected chi connectivity index (χ3v) is 4.94. The van der Waals surface area contributed by atoms with Crippen LogP contribution < -0.4 is 4.74 Å². The van der Waals surface area contributed by atoms with Gasteiger partial charge in [-0.15, -0.1) is 0 Å². The van der Waals surface area contributed by atoms with Crippen LogP contribution in [-0.2, 0) is 11.2 Å². The topological polar surface area (TPSA) is 31.4 Å². The van der Waals surface area contributed by atoms with E-state index in [9.17, 15) is 0 Å². The van der Waals surface area contributed by atoms with E-state index in [-0.39, 0.29) is 6.10 Å². The molecule has 154 valence electrons. The summed E-state index contributed by atoms with van der Waals surface area (Å²) in [7, 11) is 0. The van der Waals surface area contributed by atoms with Crippen LogP contribution in [0.25, 0.3) is 11.3 Å². The summed E-state index contributed by atoms with van der Waals surface area (Å²) in [5, 5.41) is 0. The summed E-state index contributed by atoms with van der Waals surface area (Å²) in [6.45, 7) is 7.87. The molecule has 1 aromatic heterocycles. The summed E-state index contributed by atoms with van der Waals surface area (Å²) in [5.41, 5.74) is 3.54. The number of hydrogen-bond donors (Lipinski definition) is 0. The van der Waals surface area contributed by atoms with Gasteiger partial charge in [-0.25, -0.2) is 0 Å². The standard InChI is InChI=1S/C25H37NO2/c1-4-6-8-9-11-22-12-14-23(15-13-22)25-17-16-24(19-26-25)28-20-21(3)27-18-10-7-5-2/h12-17,19,21H,4-11,18,20H2,1-3H3. The highest BCUT2D eigenvalue weighted by atomic mass is 16.5. The van der Waals surface area contributed by atoms with Crippen LogP contribution in [0.15, 0.2) is 42.6 Å². The molecule has 0 saturated carbocycles. The first-order valence-corrected chi connectivity index (χ1v) is 11.0. The smallest absolute Gasteiger partial charge is 0.137 e. The van der Waals surface area contributed by atoms with Crippen molar-refractivity contribution in [1.82, 2.24) is 4.98 Å². The third-order valence-electron chi connectivity index (χ3n) is 4.94. The fraction of sp³-hybridized carbons (Fsp3) is 0.560. The lowest BCUT2D eigenvalue weighted by molar-refractivity contribution is 0.0303. The zero-order valence-electron chi connectivity index (χ0n) is 18.0. The van der Waals surface area contributed by atoms with Crippen molar-refractivity contribution >= 4 is 0 Å². The lowest BCUT2D eigenvalue weighted by atomic mass is 10.0. The number of ether oxygens (including phenoxy) is 2. The number of hydrogen-bond acceptors (Lipinski definition) is 3. The molecule has 0 N–H and O–H groups in total. The maximum atomic E-state index is 5.81. The van der Waals surface area contributed by atoms with Gasteiger partial charge in [-0.3, -0.25) is 4.98 Å². The molecule has 2 rings (SSSR count). The molecule has 28 heavy (non-hydrogen) atoms. The number of rotatable bonds is 14. The Morgan fingerprint density at radius 1 is 0.857 bits per heavy atom. The van der Waals surface area contributed by atoms with E-state index < -0.39 is 0 Å². The fourth-order valence-corrected chi connectivity index (χ4v) is 3.13. The Morgan fingerprint density at radius 3 is 2.29 bits per heavy atom. The molecular weight excluding hydrogens is 346 g/mol. The minimum atomic E-state index is 0.0985. The average Bonchev–Trinajstić information content (AvgIpc) is 2.74. The zero-order chi connectivity index (χ0) is 20.0. The van der Waals surface area contributed by atoms with E-state index in [1.165, 1.54) is 50.5 Å². The van der Waals surface area contributed by atoms with E-state index in [1.807, 2.05) is 12.1 Å². The largest absolute Gasteiger partial charge is 0.489 e. The second-order valence-corrected chi connectivity index (χ2v) is 7.59. The number of aryl methyl sites for hydroxylation is 1. The summed E-state index contributed by atoms with van der Waals surface area (Å²) >= 11 is 0. The van der Waals surface area contributed by atoms with Gasteiger partial charge in [0.1, 0.15) is 12.4 Å². The van der Waals surface area contributed by atoms with E-state index in [1.54, 1.807) is 6.20 Å². The van der Waals surface area contributed by atoms with Gasteiger partial charge in [0.25, 0.3) is 0 Å². The van der Waals surface area contributed by atoms with Gasteiger partial charge in [-0.1, -0.05) is 70.2 Å². The van der Waals surface area contributed by atoms with Crippen LogP contribution in [0, 0.1) is 0 Å². The van der Waals surface area contributed by atoms with Crippen LogP contribution in [0.1, 0.15) is 71.3 Å². The van der Waals surface area contributed by atoms with Gasteiger partial charge in [-0.05, 0) is 43.9 Å². The number of benzene rings is 1. The minimum Gasteiger partial charge on any atom is -0.489 e. The van der Waals surface area contributed by atoms with E-state index in [4.69, 9.17) is 9.47 Å². The van der Waals surface area contributed by atoms with Crippen LogP contribution >= 0.6 is 0 Å².